The second-order valence-corrected chi connectivity index (χ2v) is 5.59. The fraction of sp³-hybridized carbons (Fsp3) is 0.556. The molecule has 2 heterocycles. The van der Waals surface area contributed by atoms with E-state index in [0.29, 0.717) is 0 Å². The van der Waals surface area contributed by atoms with Crippen LogP contribution in [0.25, 0.3) is 0 Å². The van der Waals surface area contributed by atoms with Crippen LogP contribution in [0, 0.1) is 0 Å². The average molecular weight is 444 g/mol. The normalized spacial score (nSPS) is 26.0. The van der Waals surface area contributed by atoms with Crippen LogP contribution in [0.5, 0.6) is 0 Å². The molecular formula is C9H16K3N2O9P. The van der Waals surface area contributed by atoms with E-state index in [9.17, 15) is 24.4 Å². The number of aromatic amines is 1. The van der Waals surface area contributed by atoms with Crippen molar-refractivity contribution in [3.63, 3.8) is 0 Å². The first kappa shape index (κ1) is 29.8. The predicted octanol–water partition coefficient (Wildman–Crippen LogP) is -11.4. The number of aliphatic hydroxyl groups is 2. The molecule has 0 aliphatic carbocycles. The Morgan fingerprint density at radius 2 is 1.83 bits per heavy atom. The summed E-state index contributed by atoms with van der Waals surface area (Å²) in [7, 11) is -4.76. The van der Waals surface area contributed by atoms with Gasteiger partial charge in [-0.15, -0.1) is 0 Å². The molecule has 24 heavy (non-hydrogen) atoms. The maximum absolute atomic E-state index is 11.6. The molecule has 0 aromatic carbocycles. The molecule has 1 fully saturated rings. The minimum atomic E-state index is -4.76. The van der Waals surface area contributed by atoms with E-state index in [2.05, 4.69) is 4.52 Å². The second kappa shape index (κ2) is 13.0. The van der Waals surface area contributed by atoms with Gasteiger partial charge < -0.3 is 29.0 Å². The van der Waals surface area contributed by atoms with Crippen molar-refractivity contribution in [2.45, 2.75) is 24.5 Å². The van der Waals surface area contributed by atoms with Gasteiger partial charge in [0, 0.05) is 12.3 Å². The van der Waals surface area contributed by atoms with E-state index in [1.54, 1.807) is 0 Å². The molecule has 1 aliphatic heterocycles. The number of hydrogen-bond acceptors (Lipinski definition) is 7. The van der Waals surface area contributed by atoms with Gasteiger partial charge >= 0.3 is 168 Å². The van der Waals surface area contributed by atoms with Gasteiger partial charge in [-0.1, -0.05) is 0 Å². The largest absolute Gasteiger partial charge is 1.00 e. The number of rotatable bonds is 4. The van der Waals surface area contributed by atoms with Crippen molar-refractivity contribution in [1.82, 2.24) is 9.55 Å². The van der Waals surface area contributed by atoms with E-state index in [1.807, 2.05) is 4.98 Å². The summed E-state index contributed by atoms with van der Waals surface area (Å²) in [5.41, 5.74) is -1.51. The number of ether oxygens (including phenoxy) is 1. The van der Waals surface area contributed by atoms with Gasteiger partial charge in [-0.3, -0.25) is 18.9 Å². The molecular weight excluding hydrogens is 428 g/mol. The Labute approximate surface area is 267 Å². The van der Waals surface area contributed by atoms with Crippen LogP contribution in [0.15, 0.2) is 21.9 Å². The SMILES string of the molecule is O=c1ccn([C@@H]2O[C@H](COP(=O)(O)O)[C@@H](O)[C@H]2O)c(=O)[nH]1.[H-].[H-].[H-].[K+].[K+].[K+]. The molecule has 0 unspecified atom stereocenters. The number of nitrogens with zero attached hydrogens (tertiary/aromatic N) is 1. The Kier molecular flexibility index (Phi) is 16.1. The topological polar surface area (TPSA) is 171 Å². The number of aromatic nitrogens is 2. The van der Waals surface area contributed by atoms with Gasteiger partial charge in [0.15, 0.2) is 6.23 Å². The maximum Gasteiger partial charge on any atom is 1.00 e. The fourth-order valence-electron chi connectivity index (χ4n) is 1.89. The fourth-order valence-corrected chi connectivity index (χ4v) is 2.24. The second-order valence-electron chi connectivity index (χ2n) is 4.35. The monoisotopic (exact) mass is 444 g/mol. The quantitative estimate of drug-likeness (QED) is 0.223. The number of aliphatic hydroxyl groups excluding tert-OH is 2. The first-order valence-electron chi connectivity index (χ1n) is 5.72. The summed E-state index contributed by atoms with van der Waals surface area (Å²) in [6, 6.07) is 1.02. The van der Waals surface area contributed by atoms with Gasteiger partial charge in [-0.05, 0) is 0 Å². The zero-order valence-corrected chi connectivity index (χ0v) is 23.7. The van der Waals surface area contributed by atoms with Gasteiger partial charge in [-0.2, -0.15) is 0 Å². The van der Waals surface area contributed by atoms with Crippen LogP contribution in [-0.4, -0.2) is 54.5 Å². The summed E-state index contributed by atoms with van der Waals surface area (Å²) < 4.78 is 20.8. The minimum absolute atomic E-state index is 0. The van der Waals surface area contributed by atoms with Crippen molar-refractivity contribution in [2.75, 3.05) is 6.61 Å². The van der Waals surface area contributed by atoms with Gasteiger partial charge in [0.25, 0.3) is 5.56 Å². The smallest absolute Gasteiger partial charge is 1.00 e. The molecule has 11 nitrogen and oxygen atoms in total. The molecule has 0 radical (unpaired) electrons. The van der Waals surface area contributed by atoms with Crippen molar-refractivity contribution >= 4 is 7.82 Å². The van der Waals surface area contributed by atoms with Gasteiger partial charge in [0.2, 0.25) is 0 Å². The molecule has 2 rings (SSSR count). The van der Waals surface area contributed by atoms with Crippen LogP contribution in [-0.2, 0) is 13.8 Å². The number of phosphoric ester groups is 1. The van der Waals surface area contributed by atoms with Crippen molar-refractivity contribution in [3.8, 4) is 0 Å². The Morgan fingerprint density at radius 3 is 2.33 bits per heavy atom. The van der Waals surface area contributed by atoms with E-state index < -0.39 is 50.2 Å². The van der Waals surface area contributed by atoms with E-state index in [0.717, 1.165) is 16.8 Å². The zero-order valence-electron chi connectivity index (χ0n) is 16.4. The average Bonchev–Trinajstić information content (AvgIpc) is 2.64. The third kappa shape index (κ3) is 8.52. The van der Waals surface area contributed by atoms with Gasteiger partial charge in [0.1, 0.15) is 18.3 Å². The Hall–Kier alpha value is 3.58. The van der Waals surface area contributed by atoms with E-state index in [1.165, 1.54) is 0 Å². The molecule has 1 aromatic rings. The van der Waals surface area contributed by atoms with Crippen molar-refractivity contribution in [1.29, 1.82) is 0 Å². The van der Waals surface area contributed by atoms with Crippen LogP contribution in [0.4, 0.5) is 0 Å². The molecule has 0 bridgehead atoms. The number of nitrogens with one attached hydrogen (secondary N) is 1. The van der Waals surface area contributed by atoms with Crippen LogP contribution in [0.1, 0.15) is 10.5 Å². The van der Waals surface area contributed by atoms with Crippen molar-refractivity contribution < 1.29 is 192 Å². The molecule has 5 N–H and O–H groups in total. The molecule has 124 valence electrons. The molecule has 0 saturated carbocycles. The van der Waals surface area contributed by atoms with Gasteiger partial charge in [0.05, 0.1) is 6.61 Å². The molecule has 0 spiro atoms. The summed E-state index contributed by atoms with van der Waals surface area (Å²) >= 11 is 0. The Balaban J connectivity index is -0.000000269. The molecule has 15 heteroatoms. The molecule has 4 atom stereocenters. The standard InChI is InChI=1S/C9H13N2O9P.3K.3H/c12-5-1-2-11(9(15)10-5)8-7(14)6(13)4(20-8)3-19-21(16,17)18;;;;;;/h1-2,4,6-8,13-14H,3H2,(H,10,12,15)(H2,16,17,18);;;;;;/q;3*+1;3*-1/t4-,6-,7-,8-;;;;;;/m1....../s1. The first-order valence-corrected chi connectivity index (χ1v) is 7.25. The zero-order chi connectivity index (χ0) is 15.8. The number of hydrogen-bond donors (Lipinski definition) is 5. The van der Waals surface area contributed by atoms with Crippen molar-refractivity contribution in [3.05, 3.63) is 33.1 Å². The van der Waals surface area contributed by atoms with Crippen molar-refractivity contribution in [2.24, 2.45) is 0 Å². The predicted molar refractivity (Wildman–Crippen MR) is 68.6 cm³/mol. The summed E-state index contributed by atoms with van der Waals surface area (Å²) in [5, 5.41) is 19.6. The van der Waals surface area contributed by atoms with Gasteiger partial charge in [-0.25, -0.2) is 9.36 Å². The van der Waals surface area contributed by atoms with Crippen LogP contribution in [0.2, 0.25) is 0 Å². The van der Waals surface area contributed by atoms with E-state index in [4.69, 9.17) is 14.5 Å². The molecule has 1 saturated heterocycles. The molecule has 1 aliphatic rings. The van der Waals surface area contributed by atoms with E-state index in [-0.39, 0.29) is 158 Å². The maximum atomic E-state index is 11.6. The van der Waals surface area contributed by atoms with E-state index >= 15 is 0 Å². The van der Waals surface area contributed by atoms with Crippen LogP contribution < -0.4 is 165 Å². The Morgan fingerprint density at radius 1 is 1.25 bits per heavy atom. The third-order valence-corrected chi connectivity index (χ3v) is 3.35. The number of H-pyrrole nitrogens is 1. The summed E-state index contributed by atoms with van der Waals surface area (Å²) in [5.74, 6) is 0. The summed E-state index contributed by atoms with van der Waals surface area (Å²) in [4.78, 5) is 41.6. The summed E-state index contributed by atoms with van der Waals surface area (Å²) in [6.45, 7) is -0.683. The molecule has 1 aromatic heterocycles. The van der Waals surface area contributed by atoms with Crippen LogP contribution in [0.3, 0.4) is 0 Å². The first-order chi connectivity index (χ1) is 9.69. The Bertz CT molecular complexity index is 690. The molecule has 0 amide bonds. The third-order valence-electron chi connectivity index (χ3n) is 2.87. The number of phosphoric acid groups is 1. The minimum Gasteiger partial charge on any atom is -1.00 e. The summed E-state index contributed by atoms with van der Waals surface area (Å²) in [6.07, 6.45) is -4.58. The van der Waals surface area contributed by atoms with Crippen LogP contribution >= 0.6 is 7.82 Å².